The Hall–Kier alpha value is -2.71. The number of nitrogens with zero attached hydrogens (tertiary/aromatic N) is 2. The van der Waals surface area contributed by atoms with Crippen LogP contribution in [0.5, 0.6) is 0 Å². The largest absolute Gasteiger partial charge is 0.462 e. The second-order valence-corrected chi connectivity index (χ2v) is 4.90. The molecule has 0 heterocycles. The summed E-state index contributed by atoms with van der Waals surface area (Å²) < 4.78 is 4.73. The lowest BCUT2D eigenvalue weighted by Gasteiger charge is -2.11. The van der Waals surface area contributed by atoms with Crippen LogP contribution >= 0.6 is 0 Å². The molecule has 0 atom stereocenters. The second kappa shape index (κ2) is 7.34. The van der Waals surface area contributed by atoms with Gasteiger partial charge in [0.25, 0.3) is 11.4 Å². The highest BCUT2D eigenvalue weighted by molar-refractivity contribution is 5.93. The first-order valence-corrected chi connectivity index (χ1v) is 6.65. The number of rotatable bonds is 7. The van der Waals surface area contributed by atoms with Gasteiger partial charge in [0.05, 0.1) is 22.0 Å². The van der Waals surface area contributed by atoms with E-state index in [1.54, 1.807) is 6.92 Å². The quantitative estimate of drug-likeness (QED) is 0.466. The predicted molar refractivity (Wildman–Crippen MR) is 79.0 cm³/mol. The fourth-order valence-corrected chi connectivity index (χ4v) is 1.72. The summed E-state index contributed by atoms with van der Waals surface area (Å²) >= 11 is 0. The van der Waals surface area contributed by atoms with Crippen LogP contribution in [0.1, 0.15) is 31.1 Å². The maximum absolute atomic E-state index is 11.7. The van der Waals surface area contributed by atoms with Gasteiger partial charge < -0.3 is 10.1 Å². The molecule has 0 saturated carbocycles. The van der Waals surface area contributed by atoms with Crippen LogP contribution in [-0.4, -0.2) is 29.0 Å². The highest BCUT2D eigenvalue weighted by Crippen LogP contribution is 2.36. The van der Waals surface area contributed by atoms with E-state index in [2.05, 4.69) is 5.32 Å². The summed E-state index contributed by atoms with van der Waals surface area (Å²) in [6.45, 7) is 5.67. The Labute approximate surface area is 126 Å². The average Bonchev–Trinajstić information content (AvgIpc) is 2.43. The standard InChI is InChI=1S/C13H17N3O6/c1-4-22-13(17)9-5-10(15(18)19)12(14-7-8(2)3)11(6-9)16(20)21/h5-6,8,14H,4,7H2,1-3H3. The van der Waals surface area contributed by atoms with Crippen molar-refractivity contribution in [1.29, 1.82) is 0 Å². The molecule has 0 bridgehead atoms. The van der Waals surface area contributed by atoms with E-state index in [0.29, 0.717) is 6.54 Å². The van der Waals surface area contributed by atoms with E-state index in [4.69, 9.17) is 4.74 Å². The number of esters is 1. The Morgan fingerprint density at radius 1 is 1.23 bits per heavy atom. The zero-order valence-electron chi connectivity index (χ0n) is 12.5. The van der Waals surface area contributed by atoms with Crippen LogP contribution in [0.25, 0.3) is 0 Å². The van der Waals surface area contributed by atoms with Gasteiger partial charge >= 0.3 is 5.97 Å². The molecular formula is C13H17N3O6. The van der Waals surface area contributed by atoms with Crippen LogP contribution in [0.2, 0.25) is 0 Å². The van der Waals surface area contributed by atoms with E-state index in [0.717, 1.165) is 12.1 Å². The van der Waals surface area contributed by atoms with Crippen LogP contribution in [0.3, 0.4) is 0 Å². The van der Waals surface area contributed by atoms with Crippen LogP contribution in [-0.2, 0) is 4.74 Å². The molecule has 0 fully saturated rings. The molecule has 0 radical (unpaired) electrons. The van der Waals surface area contributed by atoms with Gasteiger partial charge in [-0.05, 0) is 12.8 Å². The predicted octanol–water partition coefficient (Wildman–Crippen LogP) is 2.75. The zero-order chi connectivity index (χ0) is 16.9. The third-order valence-corrected chi connectivity index (χ3v) is 2.69. The number of ether oxygens (including phenoxy) is 1. The molecule has 0 aliphatic heterocycles. The van der Waals surface area contributed by atoms with Crippen molar-refractivity contribution in [1.82, 2.24) is 0 Å². The number of carbonyl (C=O) groups excluding carboxylic acids is 1. The van der Waals surface area contributed by atoms with Gasteiger partial charge in [0.15, 0.2) is 5.69 Å². The SMILES string of the molecule is CCOC(=O)c1cc([N+](=O)[O-])c(NCC(C)C)c([N+](=O)[O-])c1. The third kappa shape index (κ3) is 4.14. The molecule has 0 unspecified atom stereocenters. The molecule has 22 heavy (non-hydrogen) atoms. The third-order valence-electron chi connectivity index (χ3n) is 2.69. The minimum Gasteiger partial charge on any atom is -0.462 e. The van der Waals surface area contributed by atoms with Crippen molar-refractivity contribution in [2.24, 2.45) is 5.92 Å². The first-order chi connectivity index (χ1) is 10.3. The summed E-state index contributed by atoms with van der Waals surface area (Å²) in [4.78, 5) is 32.5. The Kier molecular flexibility index (Phi) is 5.79. The Bertz CT molecular complexity index is 564. The lowest BCUT2D eigenvalue weighted by molar-refractivity contribution is -0.392. The highest BCUT2D eigenvalue weighted by Gasteiger charge is 2.29. The van der Waals surface area contributed by atoms with Crippen molar-refractivity contribution in [3.63, 3.8) is 0 Å². The van der Waals surface area contributed by atoms with Crippen LogP contribution in [0.15, 0.2) is 12.1 Å². The van der Waals surface area contributed by atoms with Gasteiger partial charge in [0, 0.05) is 18.7 Å². The van der Waals surface area contributed by atoms with Crippen molar-refractivity contribution in [3.05, 3.63) is 37.9 Å². The number of nitro groups is 2. The van der Waals surface area contributed by atoms with E-state index in [1.807, 2.05) is 13.8 Å². The second-order valence-electron chi connectivity index (χ2n) is 4.90. The Morgan fingerprint density at radius 3 is 2.09 bits per heavy atom. The number of benzene rings is 1. The van der Waals surface area contributed by atoms with Gasteiger partial charge in [-0.3, -0.25) is 20.2 Å². The smallest absolute Gasteiger partial charge is 0.338 e. The first-order valence-electron chi connectivity index (χ1n) is 6.65. The normalized spacial score (nSPS) is 10.4. The maximum atomic E-state index is 11.7. The highest BCUT2D eigenvalue weighted by atomic mass is 16.6. The van der Waals surface area contributed by atoms with E-state index in [9.17, 15) is 25.0 Å². The van der Waals surface area contributed by atoms with Crippen LogP contribution < -0.4 is 5.32 Å². The molecular weight excluding hydrogens is 294 g/mol. The molecule has 1 aromatic carbocycles. The number of nitro benzene ring substituents is 2. The lowest BCUT2D eigenvalue weighted by atomic mass is 10.1. The molecule has 1 N–H and O–H groups in total. The summed E-state index contributed by atoms with van der Waals surface area (Å²) in [6, 6.07) is 1.96. The van der Waals surface area contributed by atoms with Gasteiger partial charge in [0.2, 0.25) is 0 Å². The number of anilines is 1. The molecule has 1 rings (SSSR count). The van der Waals surface area contributed by atoms with Crippen LogP contribution in [0, 0.1) is 26.1 Å². The molecule has 9 heteroatoms. The van der Waals surface area contributed by atoms with Gasteiger partial charge in [-0.15, -0.1) is 0 Å². The fourth-order valence-electron chi connectivity index (χ4n) is 1.72. The molecule has 0 aliphatic carbocycles. The molecule has 9 nitrogen and oxygen atoms in total. The summed E-state index contributed by atoms with van der Waals surface area (Å²) in [6.07, 6.45) is 0. The molecule has 0 aromatic heterocycles. The monoisotopic (exact) mass is 311 g/mol. The number of nitrogens with one attached hydrogen (secondary N) is 1. The molecule has 0 saturated heterocycles. The minimum atomic E-state index is -0.843. The van der Waals surface area contributed by atoms with Gasteiger partial charge in [-0.1, -0.05) is 13.8 Å². The fraction of sp³-hybridized carbons (Fsp3) is 0.462. The van der Waals surface area contributed by atoms with Gasteiger partial charge in [-0.25, -0.2) is 4.79 Å². The Balaban J connectivity index is 3.43. The number of hydrogen-bond acceptors (Lipinski definition) is 7. The van der Waals surface area contributed by atoms with E-state index >= 15 is 0 Å². The summed E-state index contributed by atoms with van der Waals surface area (Å²) in [5.74, 6) is -0.715. The molecule has 1 aromatic rings. The maximum Gasteiger partial charge on any atom is 0.338 e. The summed E-state index contributed by atoms with van der Waals surface area (Å²) in [5, 5.41) is 25.0. The van der Waals surface area contributed by atoms with Crippen molar-refractivity contribution < 1.29 is 19.4 Å². The topological polar surface area (TPSA) is 125 Å². The van der Waals surface area contributed by atoms with E-state index in [1.165, 1.54) is 0 Å². The van der Waals surface area contributed by atoms with Crippen molar-refractivity contribution in [2.45, 2.75) is 20.8 Å². The number of carbonyl (C=O) groups is 1. The first kappa shape index (κ1) is 17.3. The molecule has 0 spiro atoms. The average molecular weight is 311 g/mol. The van der Waals surface area contributed by atoms with Crippen molar-refractivity contribution >= 4 is 23.0 Å². The van der Waals surface area contributed by atoms with Gasteiger partial charge in [-0.2, -0.15) is 0 Å². The summed E-state index contributed by atoms with van der Waals surface area (Å²) in [7, 11) is 0. The molecule has 0 amide bonds. The van der Waals surface area contributed by atoms with Gasteiger partial charge in [0.1, 0.15) is 0 Å². The number of hydrogen-bond donors (Lipinski definition) is 1. The lowest BCUT2D eigenvalue weighted by Crippen LogP contribution is -2.13. The minimum absolute atomic E-state index is 0.0633. The molecule has 120 valence electrons. The van der Waals surface area contributed by atoms with E-state index in [-0.39, 0.29) is 23.8 Å². The molecule has 0 aliphatic rings. The van der Waals surface area contributed by atoms with Crippen molar-refractivity contribution in [2.75, 3.05) is 18.5 Å². The van der Waals surface area contributed by atoms with Crippen molar-refractivity contribution in [3.8, 4) is 0 Å². The summed E-state index contributed by atoms with van der Waals surface area (Å²) in [5.41, 5.74) is -1.50. The zero-order valence-corrected chi connectivity index (χ0v) is 12.5. The van der Waals surface area contributed by atoms with Crippen LogP contribution in [0.4, 0.5) is 17.1 Å². The Morgan fingerprint density at radius 2 is 1.73 bits per heavy atom. The van der Waals surface area contributed by atoms with E-state index < -0.39 is 27.2 Å².